The normalized spacial score (nSPS) is 19.4. The standard InChI is InChI=1S/C16H18ClN3O/c1-11(12-6-3-2-4-7-12)18-15-10-14(17)19-16(20-15)13-8-5-9-21-13/h2-4,6-7,10-11,13H,5,8-9H2,1H3,(H,18,19,20). The number of halogens is 1. The zero-order valence-electron chi connectivity index (χ0n) is 11.9. The van der Waals surface area contributed by atoms with Crippen LogP contribution in [0.1, 0.15) is 43.3 Å². The van der Waals surface area contributed by atoms with Crippen LogP contribution in [0.4, 0.5) is 5.82 Å². The Kier molecular flexibility index (Phi) is 4.36. The molecule has 1 saturated heterocycles. The molecule has 0 amide bonds. The highest BCUT2D eigenvalue weighted by atomic mass is 35.5. The molecule has 3 rings (SSSR count). The molecule has 110 valence electrons. The van der Waals surface area contributed by atoms with Crippen LogP contribution in [0, 0.1) is 0 Å². The number of nitrogens with one attached hydrogen (secondary N) is 1. The van der Waals surface area contributed by atoms with Crippen molar-refractivity contribution in [2.75, 3.05) is 11.9 Å². The van der Waals surface area contributed by atoms with E-state index in [-0.39, 0.29) is 12.1 Å². The van der Waals surface area contributed by atoms with Gasteiger partial charge in [0.25, 0.3) is 0 Å². The second kappa shape index (κ2) is 6.41. The Morgan fingerprint density at radius 3 is 2.81 bits per heavy atom. The minimum absolute atomic E-state index is 0.0312. The minimum atomic E-state index is -0.0312. The average Bonchev–Trinajstić information content (AvgIpc) is 3.02. The topological polar surface area (TPSA) is 47.0 Å². The Balaban J connectivity index is 1.78. The van der Waals surface area contributed by atoms with Gasteiger partial charge in [0.1, 0.15) is 17.1 Å². The summed E-state index contributed by atoms with van der Waals surface area (Å²) in [4.78, 5) is 8.83. The van der Waals surface area contributed by atoms with Gasteiger partial charge in [-0.1, -0.05) is 41.9 Å². The quantitative estimate of drug-likeness (QED) is 0.862. The molecule has 2 unspecified atom stereocenters. The Morgan fingerprint density at radius 2 is 2.10 bits per heavy atom. The molecule has 5 heteroatoms. The van der Waals surface area contributed by atoms with E-state index in [1.807, 2.05) is 18.2 Å². The summed E-state index contributed by atoms with van der Waals surface area (Å²) in [6.45, 7) is 2.86. The van der Waals surface area contributed by atoms with Gasteiger partial charge in [-0.15, -0.1) is 0 Å². The van der Waals surface area contributed by atoms with Crippen LogP contribution in [0.25, 0.3) is 0 Å². The first-order valence-corrected chi connectivity index (χ1v) is 7.58. The van der Waals surface area contributed by atoms with Gasteiger partial charge in [-0.3, -0.25) is 0 Å². The Hall–Kier alpha value is -1.65. The number of hydrogen-bond acceptors (Lipinski definition) is 4. The first kappa shape index (κ1) is 14.3. The van der Waals surface area contributed by atoms with E-state index >= 15 is 0 Å². The molecule has 1 aromatic carbocycles. The fourth-order valence-corrected chi connectivity index (χ4v) is 2.67. The number of ether oxygens (including phenoxy) is 1. The van der Waals surface area contributed by atoms with Crippen molar-refractivity contribution in [1.29, 1.82) is 0 Å². The van der Waals surface area contributed by atoms with Crippen LogP contribution < -0.4 is 5.32 Å². The molecule has 2 atom stereocenters. The Morgan fingerprint density at radius 1 is 1.29 bits per heavy atom. The summed E-state index contributed by atoms with van der Waals surface area (Å²) < 4.78 is 5.63. The molecule has 0 spiro atoms. The Bertz CT molecular complexity index is 600. The average molecular weight is 304 g/mol. The molecule has 1 aliphatic rings. The van der Waals surface area contributed by atoms with E-state index in [0.29, 0.717) is 11.0 Å². The fraction of sp³-hybridized carbons (Fsp3) is 0.375. The van der Waals surface area contributed by atoms with E-state index in [1.54, 1.807) is 6.07 Å². The molecule has 21 heavy (non-hydrogen) atoms. The lowest BCUT2D eigenvalue weighted by molar-refractivity contribution is 0.105. The second-order valence-corrected chi connectivity index (χ2v) is 5.60. The van der Waals surface area contributed by atoms with Crippen molar-refractivity contribution < 1.29 is 4.74 Å². The van der Waals surface area contributed by atoms with Gasteiger partial charge in [0.15, 0.2) is 5.82 Å². The van der Waals surface area contributed by atoms with Crippen LogP contribution in [-0.4, -0.2) is 16.6 Å². The largest absolute Gasteiger partial charge is 0.370 e. The zero-order valence-corrected chi connectivity index (χ0v) is 12.7. The van der Waals surface area contributed by atoms with Gasteiger partial charge in [-0.2, -0.15) is 0 Å². The highest BCUT2D eigenvalue weighted by Gasteiger charge is 2.21. The molecule has 0 saturated carbocycles. The van der Waals surface area contributed by atoms with Gasteiger partial charge in [-0.25, -0.2) is 9.97 Å². The zero-order chi connectivity index (χ0) is 14.7. The van der Waals surface area contributed by atoms with Crippen LogP contribution in [0.2, 0.25) is 5.15 Å². The summed E-state index contributed by atoms with van der Waals surface area (Å²) in [6, 6.07) is 12.1. The number of nitrogens with zero attached hydrogens (tertiary/aromatic N) is 2. The van der Waals surface area contributed by atoms with Gasteiger partial charge in [-0.05, 0) is 25.3 Å². The number of rotatable bonds is 4. The van der Waals surface area contributed by atoms with Crippen LogP contribution in [0.15, 0.2) is 36.4 Å². The van der Waals surface area contributed by atoms with Crippen molar-refractivity contribution in [1.82, 2.24) is 9.97 Å². The molecule has 1 aromatic heterocycles. The Labute approximate surface area is 129 Å². The maximum atomic E-state index is 6.11. The van der Waals surface area contributed by atoms with Crippen LogP contribution in [0.5, 0.6) is 0 Å². The van der Waals surface area contributed by atoms with Crippen molar-refractivity contribution in [3.05, 3.63) is 52.9 Å². The number of anilines is 1. The highest BCUT2D eigenvalue weighted by Crippen LogP contribution is 2.28. The molecular formula is C16H18ClN3O. The summed E-state index contributed by atoms with van der Waals surface area (Å²) in [6.07, 6.45) is 1.97. The molecule has 1 N–H and O–H groups in total. The van der Waals surface area contributed by atoms with Gasteiger partial charge in [0.05, 0.1) is 0 Å². The van der Waals surface area contributed by atoms with Gasteiger partial charge in [0.2, 0.25) is 0 Å². The lowest BCUT2D eigenvalue weighted by atomic mass is 10.1. The van der Waals surface area contributed by atoms with Crippen molar-refractivity contribution in [2.45, 2.75) is 31.9 Å². The van der Waals surface area contributed by atoms with Crippen molar-refractivity contribution >= 4 is 17.4 Å². The van der Waals surface area contributed by atoms with Crippen molar-refractivity contribution in [2.24, 2.45) is 0 Å². The van der Waals surface area contributed by atoms with E-state index in [4.69, 9.17) is 16.3 Å². The summed E-state index contributed by atoms with van der Waals surface area (Å²) in [5.41, 5.74) is 1.20. The van der Waals surface area contributed by atoms with E-state index in [1.165, 1.54) is 5.56 Å². The van der Waals surface area contributed by atoms with E-state index in [2.05, 4.69) is 34.3 Å². The molecule has 1 fully saturated rings. The van der Waals surface area contributed by atoms with E-state index in [0.717, 1.165) is 25.3 Å². The number of benzene rings is 1. The van der Waals surface area contributed by atoms with Crippen molar-refractivity contribution in [3.8, 4) is 0 Å². The van der Waals surface area contributed by atoms with E-state index < -0.39 is 0 Å². The summed E-state index contributed by atoms with van der Waals surface area (Å²) >= 11 is 6.11. The first-order valence-electron chi connectivity index (χ1n) is 7.20. The maximum Gasteiger partial charge on any atom is 0.161 e. The van der Waals surface area contributed by atoms with Gasteiger partial charge in [0, 0.05) is 18.7 Å². The van der Waals surface area contributed by atoms with E-state index in [9.17, 15) is 0 Å². The molecule has 1 aliphatic heterocycles. The predicted octanol–water partition coefficient (Wildman–Crippen LogP) is 4.15. The van der Waals surface area contributed by atoms with Crippen molar-refractivity contribution in [3.63, 3.8) is 0 Å². The molecule has 0 bridgehead atoms. The monoisotopic (exact) mass is 303 g/mol. The second-order valence-electron chi connectivity index (χ2n) is 5.21. The molecule has 0 radical (unpaired) electrons. The first-order chi connectivity index (χ1) is 10.2. The smallest absolute Gasteiger partial charge is 0.161 e. The fourth-order valence-electron chi connectivity index (χ4n) is 2.48. The predicted molar refractivity (Wildman–Crippen MR) is 83.4 cm³/mol. The van der Waals surface area contributed by atoms with Gasteiger partial charge >= 0.3 is 0 Å². The molecule has 2 heterocycles. The maximum absolute atomic E-state index is 6.11. The summed E-state index contributed by atoms with van der Waals surface area (Å²) in [5.74, 6) is 1.40. The summed E-state index contributed by atoms with van der Waals surface area (Å²) in [5, 5.41) is 3.81. The molecular weight excluding hydrogens is 286 g/mol. The summed E-state index contributed by atoms with van der Waals surface area (Å²) in [7, 11) is 0. The lowest BCUT2D eigenvalue weighted by Gasteiger charge is -2.16. The van der Waals surface area contributed by atoms with Crippen LogP contribution in [-0.2, 0) is 4.74 Å². The lowest BCUT2D eigenvalue weighted by Crippen LogP contribution is -2.11. The molecule has 2 aromatic rings. The molecule has 0 aliphatic carbocycles. The van der Waals surface area contributed by atoms with Crippen LogP contribution >= 0.6 is 11.6 Å². The van der Waals surface area contributed by atoms with Gasteiger partial charge < -0.3 is 10.1 Å². The van der Waals surface area contributed by atoms with Crippen LogP contribution in [0.3, 0.4) is 0 Å². The minimum Gasteiger partial charge on any atom is -0.370 e. The number of hydrogen-bond donors (Lipinski definition) is 1. The third-order valence-electron chi connectivity index (χ3n) is 3.59. The third kappa shape index (κ3) is 3.52. The SMILES string of the molecule is CC(Nc1cc(Cl)nc(C2CCCO2)n1)c1ccccc1. The molecule has 4 nitrogen and oxygen atoms in total. The highest BCUT2D eigenvalue weighted by molar-refractivity contribution is 6.29. The number of aromatic nitrogens is 2. The third-order valence-corrected chi connectivity index (χ3v) is 3.79.